The fourth-order valence-electron chi connectivity index (χ4n) is 2.51. The molecule has 2 rings (SSSR count). The van der Waals surface area contributed by atoms with E-state index in [1.165, 1.54) is 12.8 Å². The van der Waals surface area contributed by atoms with Gasteiger partial charge in [0.05, 0.1) is 18.3 Å². The number of hydrogen-bond donors (Lipinski definition) is 1. The maximum absolute atomic E-state index is 9.33. The van der Waals surface area contributed by atoms with E-state index >= 15 is 0 Å². The Morgan fingerprint density at radius 2 is 2.41 bits per heavy atom. The van der Waals surface area contributed by atoms with Crippen LogP contribution in [0, 0.1) is 0 Å². The van der Waals surface area contributed by atoms with Gasteiger partial charge in [0.2, 0.25) is 5.89 Å². The van der Waals surface area contributed by atoms with Crippen molar-refractivity contribution in [2.75, 3.05) is 13.1 Å². The molecule has 0 radical (unpaired) electrons. The third-order valence-corrected chi connectivity index (χ3v) is 3.37. The topological polar surface area (TPSA) is 49.5 Å². The minimum atomic E-state index is -0.371. The number of oxazole rings is 1. The number of likely N-dealkylation sites (tertiary alicyclic amines) is 1. The molecule has 17 heavy (non-hydrogen) atoms. The van der Waals surface area contributed by atoms with E-state index in [1.54, 1.807) is 13.1 Å². The van der Waals surface area contributed by atoms with Gasteiger partial charge < -0.3 is 9.52 Å². The number of piperidine rings is 1. The first kappa shape index (κ1) is 12.6. The van der Waals surface area contributed by atoms with E-state index < -0.39 is 0 Å². The van der Waals surface area contributed by atoms with E-state index in [0.717, 1.165) is 31.2 Å². The Kier molecular flexibility index (Phi) is 4.18. The normalized spacial score (nSPS) is 23.8. The lowest BCUT2D eigenvalue weighted by atomic mass is 10.0. The van der Waals surface area contributed by atoms with Crippen LogP contribution in [0.3, 0.4) is 0 Å². The lowest BCUT2D eigenvalue weighted by molar-refractivity contribution is 0.129. The number of aliphatic hydroxyl groups is 1. The number of aromatic nitrogens is 1. The summed E-state index contributed by atoms with van der Waals surface area (Å²) in [5.74, 6) is 1.61. The van der Waals surface area contributed by atoms with Crippen LogP contribution in [0.2, 0.25) is 0 Å². The second-order valence-corrected chi connectivity index (χ2v) is 4.86. The number of aliphatic hydroxyl groups excluding tert-OH is 1. The molecule has 2 unspecified atom stereocenters. The molecule has 0 spiro atoms. The van der Waals surface area contributed by atoms with Crippen molar-refractivity contribution in [1.82, 2.24) is 9.88 Å². The summed E-state index contributed by atoms with van der Waals surface area (Å²) in [7, 11) is 0. The molecule has 0 aliphatic carbocycles. The zero-order valence-corrected chi connectivity index (χ0v) is 10.7. The maximum Gasteiger partial charge on any atom is 0.211 e. The summed E-state index contributed by atoms with van der Waals surface area (Å²) in [6.45, 7) is 6.12. The van der Waals surface area contributed by atoms with Crippen LogP contribution in [0.4, 0.5) is 0 Å². The zero-order valence-electron chi connectivity index (χ0n) is 10.7. The lowest BCUT2D eigenvalue weighted by Crippen LogP contribution is -2.33. The van der Waals surface area contributed by atoms with Crippen molar-refractivity contribution in [3.05, 3.63) is 17.8 Å². The monoisotopic (exact) mass is 238 g/mol. The Morgan fingerprint density at radius 3 is 3.12 bits per heavy atom. The fraction of sp³-hybridized carbons (Fsp3) is 0.769. The Labute approximate surface area is 103 Å². The van der Waals surface area contributed by atoms with Crippen LogP contribution in [0.25, 0.3) is 0 Å². The number of rotatable bonds is 4. The molecular formula is C13H22N2O2. The Hall–Kier alpha value is -0.870. The number of nitrogens with zero attached hydrogens (tertiary/aromatic N) is 2. The highest BCUT2D eigenvalue weighted by Gasteiger charge is 2.26. The van der Waals surface area contributed by atoms with Gasteiger partial charge >= 0.3 is 0 Å². The molecule has 0 aromatic carbocycles. The van der Waals surface area contributed by atoms with Crippen molar-refractivity contribution >= 4 is 0 Å². The highest BCUT2D eigenvalue weighted by Crippen LogP contribution is 2.30. The van der Waals surface area contributed by atoms with Gasteiger partial charge in [-0.2, -0.15) is 0 Å². The second kappa shape index (κ2) is 5.65. The van der Waals surface area contributed by atoms with Gasteiger partial charge in [-0.3, -0.25) is 4.90 Å². The maximum atomic E-state index is 9.33. The molecule has 1 aliphatic rings. The van der Waals surface area contributed by atoms with Gasteiger partial charge in [0.1, 0.15) is 5.76 Å². The van der Waals surface area contributed by atoms with Gasteiger partial charge in [0.25, 0.3) is 0 Å². The van der Waals surface area contributed by atoms with Gasteiger partial charge in [0, 0.05) is 6.42 Å². The minimum absolute atomic E-state index is 0.330. The minimum Gasteiger partial charge on any atom is -0.444 e. The first-order valence-electron chi connectivity index (χ1n) is 6.57. The first-order chi connectivity index (χ1) is 8.20. The summed E-state index contributed by atoms with van der Waals surface area (Å²) in [6.07, 6.45) is 5.57. The van der Waals surface area contributed by atoms with Gasteiger partial charge in [0.15, 0.2) is 0 Å². The molecule has 4 heteroatoms. The van der Waals surface area contributed by atoms with E-state index in [4.69, 9.17) is 4.42 Å². The summed E-state index contributed by atoms with van der Waals surface area (Å²) >= 11 is 0. The highest BCUT2D eigenvalue weighted by molar-refractivity contribution is 5.00. The Morgan fingerprint density at radius 1 is 1.59 bits per heavy atom. The second-order valence-electron chi connectivity index (χ2n) is 4.86. The van der Waals surface area contributed by atoms with E-state index in [0.29, 0.717) is 12.5 Å². The predicted octanol–water partition coefficient (Wildman–Crippen LogP) is 2.14. The van der Waals surface area contributed by atoms with Crippen LogP contribution in [-0.2, 0) is 6.42 Å². The van der Waals surface area contributed by atoms with Crippen LogP contribution in [0.15, 0.2) is 10.6 Å². The van der Waals surface area contributed by atoms with Gasteiger partial charge in [-0.05, 0) is 32.9 Å². The van der Waals surface area contributed by atoms with Crippen molar-refractivity contribution in [2.45, 2.75) is 51.7 Å². The van der Waals surface area contributed by atoms with Gasteiger partial charge in [-0.1, -0.05) is 13.3 Å². The summed E-state index contributed by atoms with van der Waals surface area (Å²) in [5.41, 5.74) is 0. The molecule has 2 heterocycles. The average molecular weight is 238 g/mol. The fourth-order valence-corrected chi connectivity index (χ4v) is 2.51. The van der Waals surface area contributed by atoms with E-state index in [-0.39, 0.29) is 6.10 Å². The zero-order chi connectivity index (χ0) is 12.3. The van der Waals surface area contributed by atoms with Crippen molar-refractivity contribution < 1.29 is 9.52 Å². The smallest absolute Gasteiger partial charge is 0.211 e. The summed E-state index contributed by atoms with van der Waals surface area (Å²) in [4.78, 5) is 6.79. The molecule has 1 N–H and O–H groups in total. The van der Waals surface area contributed by atoms with Crippen molar-refractivity contribution in [3.8, 4) is 0 Å². The van der Waals surface area contributed by atoms with Gasteiger partial charge in [-0.25, -0.2) is 4.98 Å². The molecule has 96 valence electrons. The van der Waals surface area contributed by atoms with Crippen LogP contribution in [-0.4, -0.2) is 34.2 Å². The predicted molar refractivity (Wildman–Crippen MR) is 65.7 cm³/mol. The quantitative estimate of drug-likeness (QED) is 0.873. The van der Waals surface area contributed by atoms with Crippen LogP contribution in [0.1, 0.15) is 50.8 Å². The third-order valence-electron chi connectivity index (χ3n) is 3.37. The van der Waals surface area contributed by atoms with Crippen molar-refractivity contribution in [3.63, 3.8) is 0 Å². The van der Waals surface area contributed by atoms with E-state index in [9.17, 15) is 5.11 Å². The largest absolute Gasteiger partial charge is 0.444 e. The lowest BCUT2D eigenvalue weighted by Gasteiger charge is -2.32. The molecule has 0 saturated carbocycles. The molecular weight excluding hydrogens is 216 g/mol. The highest BCUT2D eigenvalue weighted by atomic mass is 16.4. The SMILES string of the molecule is CCN1CCCCC1c1ncc(CC(C)O)o1. The molecule has 1 aromatic heterocycles. The average Bonchev–Trinajstić information content (AvgIpc) is 2.76. The molecule has 0 amide bonds. The molecule has 1 fully saturated rings. The Balaban J connectivity index is 2.07. The molecule has 1 aliphatic heterocycles. The standard InChI is InChI=1S/C13H22N2O2/c1-3-15-7-5-4-6-12(15)13-14-9-11(17-13)8-10(2)16/h9-10,12,16H,3-8H2,1-2H3. The van der Waals surface area contributed by atoms with Gasteiger partial charge in [-0.15, -0.1) is 0 Å². The third kappa shape index (κ3) is 3.07. The Bertz CT molecular complexity index is 349. The van der Waals surface area contributed by atoms with Crippen LogP contribution in [0.5, 0.6) is 0 Å². The van der Waals surface area contributed by atoms with Crippen molar-refractivity contribution in [1.29, 1.82) is 0 Å². The van der Waals surface area contributed by atoms with E-state index in [1.807, 2.05) is 0 Å². The summed E-state index contributed by atoms with van der Waals surface area (Å²) in [5, 5.41) is 9.33. The van der Waals surface area contributed by atoms with Crippen LogP contribution >= 0.6 is 0 Å². The van der Waals surface area contributed by atoms with Crippen LogP contribution < -0.4 is 0 Å². The molecule has 2 atom stereocenters. The molecule has 4 nitrogen and oxygen atoms in total. The molecule has 1 aromatic rings. The molecule has 0 bridgehead atoms. The number of hydrogen-bond acceptors (Lipinski definition) is 4. The summed E-state index contributed by atoms with van der Waals surface area (Å²) in [6, 6.07) is 0.330. The summed E-state index contributed by atoms with van der Waals surface area (Å²) < 4.78 is 5.75. The molecule has 1 saturated heterocycles. The van der Waals surface area contributed by atoms with E-state index in [2.05, 4.69) is 16.8 Å². The first-order valence-corrected chi connectivity index (χ1v) is 6.57. The van der Waals surface area contributed by atoms with Crippen molar-refractivity contribution in [2.24, 2.45) is 0 Å².